The molecule has 6 nitrogen and oxygen atoms in total. The third-order valence-electron chi connectivity index (χ3n) is 4.98. The van der Waals surface area contributed by atoms with E-state index in [1.807, 2.05) is 49.8 Å². The molecule has 2 aromatic carbocycles. The third-order valence-corrected chi connectivity index (χ3v) is 6.02. The topological polar surface area (TPSA) is 69.0 Å². The Labute approximate surface area is 183 Å². The van der Waals surface area contributed by atoms with Crippen LogP contribution >= 0.6 is 11.3 Å². The highest BCUT2D eigenvalue weighted by molar-refractivity contribution is 7.19. The minimum absolute atomic E-state index is 0.156. The Kier molecular flexibility index (Phi) is 5.99. The number of rotatable bonds is 6. The summed E-state index contributed by atoms with van der Waals surface area (Å²) in [6.45, 7) is 6.81. The fraction of sp³-hybridized carbons (Fsp3) is 0.261. The summed E-state index contributed by atoms with van der Waals surface area (Å²) in [5.74, 6) is -0.282. The van der Waals surface area contributed by atoms with Crippen LogP contribution in [-0.2, 0) is 24.3 Å². The van der Waals surface area contributed by atoms with Crippen LogP contribution < -0.4 is 5.32 Å². The van der Waals surface area contributed by atoms with Crippen LogP contribution in [0, 0.1) is 12.7 Å². The van der Waals surface area contributed by atoms with E-state index in [1.165, 1.54) is 23.5 Å². The zero-order valence-corrected chi connectivity index (χ0v) is 18.4. The Morgan fingerprint density at radius 1 is 1.23 bits per heavy atom. The standard InChI is InChI=1S/C23H23FN4O2S/c1-4-19-22(31-21(25-19)18-8-7-17(24)10-14(18)3)26-23(29)30-13-15-6-9-20-16(11-15)12-28(5-2)27-20/h6-12H,4-5,13H2,1-3H3,(H,26,29). The molecule has 0 aliphatic heterocycles. The number of hydrogen-bond donors (Lipinski definition) is 1. The molecule has 2 heterocycles. The highest BCUT2D eigenvalue weighted by atomic mass is 32.1. The molecule has 2 aromatic heterocycles. The summed E-state index contributed by atoms with van der Waals surface area (Å²) in [5, 5.41) is 9.65. The molecule has 0 spiro atoms. The predicted molar refractivity (Wildman–Crippen MR) is 121 cm³/mol. The molecule has 4 rings (SSSR count). The Morgan fingerprint density at radius 2 is 2.06 bits per heavy atom. The molecule has 1 N–H and O–H groups in total. The van der Waals surface area contributed by atoms with Crippen molar-refractivity contribution in [1.82, 2.24) is 14.8 Å². The van der Waals surface area contributed by atoms with Crippen LogP contribution in [0.1, 0.15) is 30.7 Å². The summed E-state index contributed by atoms with van der Waals surface area (Å²) >= 11 is 1.36. The van der Waals surface area contributed by atoms with Gasteiger partial charge in [-0.2, -0.15) is 5.10 Å². The highest BCUT2D eigenvalue weighted by Gasteiger charge is 2.16. The van der Waals surface area contributed by atoms with Crippen molar-refractivity contribution in [1.29, 1.82) is 0 Å². The lowest BCUT2D eigenvalue weighted by Crippen LogP contribution is -2.13. The smallest absolute Gasteiger partial charge is 0.412 e. The summed E-state index contributed by atoms with van der Waals surface area (Å²) in [6, 6.07) is 10.4. The molecular weight excluding hydrogens is 415 g/mol. The van der Waals surface area contributed by atoms with Crippen LogP contribution in [0.3, 0.4) is 0 Å². The first-order valence-corrected chi connectivity index (χ1v) is 10.9. The molecule has 4 aromatic rings. The van der Waals surface area contributed by atoms with Crippen molar-refractivity contribution in [3.63, 3.8) is 0 Å². The van der Waals surface area contributed by atoms with Crippen molar-refractivity contribution in [2.24, 2.45) is 0 Å². The number of ether oxygens (including phenoxy) is 1. The van der Waals surface area contributed by atoms with Crippen LogP contribution in [0.5, 0.6) is 0 Å². The number of halogens is 1. The van der Waals surface area contributed by atoms with Gasteiger partial charge in [-0.05, 0) is 61.7 Å². The molecule has 0 unspecified atom stereocenters. The van der Waals surface area contributed by atoms with Crippen molar-refractivity contribution in [2.45, 2.75) is 40.3 Å². The van der Waals surface area contributed by atoms with Gasteiger partial charge in [0.25, 0.3) is 0 Å². The van der Waals surface area contributed by atoms with Gasteiger partial charge in [0.2, 0.25) is 0 Å². The number of aryl methyl sites for hydroxylation is 3. The number of amides is 1. The van der Waals surface area contributed by atoms with Gasteiger partial charge in [0.15, 0.2) is 0 Å². The maximum atomic E-state index is 13.4. The lowest BCUT2D eigenvalue weighted by Gasteiger charge is -2.06. The highest BCUT2D eigenvalue weighted by Crippen LogP contribution is 2.34. The lowest BCUT2D eigenvalue weighted by atomic mass is 10.1. The van der Waals surface area contributed by atoms with Gasteiger partial charge in [-0.3, -0.25) is 10.00 Å². The molecule has 8 heteroatoms. The SMILES string of the molecule is CCc1nc(-c2ccc(F)cc2C)sc1NC(=O)OCc1ccc2nn(CC)cc2c1. The molecule has 0 aliphatic rings. The number of anilines is 1. The summed E-state index contributed by atoms with van der Waals surface area (Å²) in [6.07, 6.45) is 2.10. The summed E-state index contributed by atoms with van der Waals surface area (Å²) in [4.78, 5) is 17.0. The van der Waals surface area contributed by atoms with E-state index in [0.29, 0.717) is 11.4 Å². The van der Waals surface area contributed by atoms with Crippen molar-refractivity contribution in [3.8, 4) is 10.6 Å². The minimum Gasteiger partial charge on any atom is -0.444 e. The fourth-order valence-corrected chi connectivity index (χ4v) is 4.46. The fourth-order valence-electron chi connectivity index (χ4n) is 3.33. The first kappa shape index (κ1) is 21.0. The molecule has 0 radical (unpaired) electrons. The number of nitrogens with zero attached hydrogens (tertiary/aromatic N) is 3. The monoisotopic (exact) mass is 438 g/mol. The normalized spacial score (nSPS) is 11.1. The van der Waals surface area contributed by atoms with E-state index in [9.17, 15) is 9.18 Å². The maximum Gasteiger partial charge on any atom is 0.412 e. The summed E-state index contributed by atoms with van der Waals surface area (Å²) < 4.78 is 20.7. The number of hydrogen-bond acceptors (Lipinski definition) is 5. The average Bonchev–Trinajstić information content (AvgIpc) is 3.35. The van der Waals surface area contributed by atoms with Crippen LogP contribution in [-0.4, -0.2) is 20.9 Å². The van der Waals surface area contributed by atoms with E-state index < -0.39 is 6.09 Å². The number of thiazole rings is 1. The summed E-state index contributed by atoms with van der Waals surface area (Å²) in [7, 11) is 0. The minimum atomic E-state index is -0.537. The molecule has 1 amide bonds. The van der Waals surface area contributed by atoms with Gasteiger partial charge in [0, 0.05) is 23.7 Å². The van der Waals surface area contributed by atoms with Crippen LogP contribution in [0.15, 0.2) is 42.6 Å². The van der Waals surface area contributed by atoms with Gasteiger partial charge in [-0.25, -0.2) is 14.2 Å². The zero-order valence-electron chi connectivity index (χ0n) is 17.6. The summed E-state index contributed by atoms with van der Waals surface area (Å²) in [5.41, 5.74) is 4.22. The van der Waals surface area contributed by atoms with Gasteiger partial charge in [0.05, 0.1) is 11.2 Å². The molecular formula is C23H23FN4O2S. The maximum absolute atomic E-state index is 13.4. The van der Waals surface area contributed by atoms with Crippen molar-refractivity contribution in [3.05, 3.63) is 65.2 Å². The van der Waals surface area contributed by atoms with E-state index in [-0.39, 0.29) is 12.4 Å². The predicted octanol–water partition coefficient (Wildman–Crippen LogP) is 5.94. The van der Waals surface area contributed by atoms with Gasteiger partial charge >= 0.3 is 6.09 Å². The number of aromatic nitrogens is 3. The molecule has 0 saturated heterocycles. The van der Waals surface area contributed by atoms with E-state index >= 15 is 0 Å². The lowest BCUT2D eigenvalue weighted by molar-refractivity contribution is 0.155. The molecule has 0 bridgehead atoms. The molecule has 160 valence electrons. The third kappa shape index (κ3) is 4.59. The quantitative estimate of drug-likeness (QED) is 0.405. The van der Waals surface area contributed by atoms with E-state index in [1.54, 1.807) is 6.07 Å². The Balaban J connectivity index is 1.45. The van der Waals surface area contributed by atoms with Crippen LogP contribution in [0.2, 0.25) is 0 Å². The molecule has 0 atom stereocenters. The average molecular weight is 439 g/mol. The molecule has 0 saturated carbocycles. The Bertz CT molecular complexity index is 1250. The molecule has 0 aliphatic carbocycles. The zero-order chi connectivity index (χ0) is 22.0. The number of carbonyl (C=O) groups excluding carboxylic acids is 1. The Hall–Kier alpha value is -3.26. The van der Waals surface area contributed by atoms with Gasteiger partial charge < -0.3 is 4.74 Å². The van der Waals surface area contributed by atoms with Crippen molar-refractivity contribution < 1.29 is 13.9 Å². The second-order valence-electron chi connectivity index (χ2n) is 7.19. The van der Waals surface area contributed by atoms with E-state index in [4.69, 9.17) is 4.74 Å². The number of nitrogens with one attached hydrogen (secondary N) is 1. The molecule has 0 fully saturated rings. The van der Waals surface area contributed by atoms with Gasteiger partial charge in [-0.1, -0.05) is 24.3 Å². The number of carbonyl (C=O) groups is 1. The Morgan fingerprint density at radius 3 is 2.81 bits per heavy atom. The molecule has 31 heavy (non-hydrogen) atoms. The van der Waals surface area contributed by atoms with E-state index in [2.05, 4.69) is 15.4 Å². The first-order chi connectivity index (χ1) is 15.0. The second kappa shape index (κ2) is 8.85. The van der Waals surface area contributed by atoms with Crippen LogP contribution in [0.25, 0.3) is 21.5 Å². The second-order valence-corrected chi connectivity index (χ2v) is 8.19. The first-order valence-electron chi connectivity index (χ1n) is 10.1. The van der Waals surface area contributed by atoms with Crippen molar-refractivity contribution in [2.75, 3.05) is 5.32 Å². The van der Waals surface area contributed by atoms with Crippen molar-refractivity contribution >= 4 is 33.3 Å². The number of fused-ring (bicyclic) bond motifs is 1. The van der Waals surface area contributed by atoms with E-state index in [0.717, 1.165) is 44.8 Å². The van der Waals surface area contributed by atoms with Crippen LogP contribution in [0.4, 0.5) is 14.2 Å². The largest absolute Gasteiger partial charge is 0.444 e. The number of benzene rings is 2. The van der Waals surface area contributed by atoms with Gasteiger partial charge in [-0.15, -0.1) is 0 Å². The van der Waals surface area contributed by atoms with Gasteiger partial charge in [0.1, 0.15) is 22.4 Å².